The maximum Gasteiger partial charge on any atom is 0.241 e. The number of sulfonamides is 1. The minimum absolute atomic E-state index is 0.0282. The van der Waals surface area contributed by atoms with Crippen molar-refractivity contribution >= 4 is 10.0 Å². The molecule has 5 nitrogen and oxygen atoms in total. The fraction of sp³-hybridized carbons (Fsp3) is 0.333. The number of hydrogen-bond donors (Lipinski definition) is 1. The van der Waals surface area contributed by atoms with Gasteiger partial charge in [-0.25, -0.2) is 13.6 Å². The molecule has 0 unspecified atom stereocenters. The van der Waals surface area contributed by atoms with Crippen LogP contribution in [0.15, 0.2) is 23.1 Å². The molecular formula is C9H13NO4S. The molecule has 0 saturated carbocycles. The lowest BCUT2D eigenvalue weighted by atomic mass is 10.2. The fourth-order valence-electron chi connectivity index (χ4n) is 1.20. The van der Waals surface area contributed by atoms with Gasteiger partial charge in [-0.3, -0.25) is 0 Å². The number of benzene rings is 1. The second kappa shape index (κ2) is 4.61. The number of hydrogen-bond acceptors (Lipinski definition) is 4. The predicted molar refractivity (Wildman–Crippen MR) is 55.1 cm³/mol. The summed E-state index contributed by atoms with van der Waals surface area (Å²) < 4.78 is 32.2. The molecule has 0 aliphatic heterocycles. The Hall–Kier alpha value is -1.11. The van der Waals surface area contributed by atoms with Crippen LogP contribution in [0.5, 0.6) is 5.75 Å². The largest absolute Gasteiger partial charge is 0.495 e. The summed E-state index contributed by atoms with van der Waals surface area (Å²) in [5, 5.41) is 5.05. The van der Waals surface area contributed by atoms with Crippen LogP contribution in [0.25, 0.3) is 0 Å². The quantitative estimate of drug-likeness (QED) is 0.817. The minimum Gasteiger partial charge on any atom is -0.495 e. The molecule has 0 aliphatic rings. The average Bonchev–Trinajstić information content (AvgIpc) is 2.17. The summed E-state index contributed by atoms with van der Waals surface area (Å²) in [7, 11) is -0.849. The Labute approximate surface area is 88.9 Å². The molecule has 0 heterocycles. The summed E-state index contributed by atoms with van der Waals surface area (Å²) in [6.07, 6.45) is 0. The molecular weight excluding hydrogens is 218 g/mol. The van der Waals surface area contributed by atoms with E-state index in [1.807, 2.05) is 0 Å². The second-order valence-electron chi connectivity index (χ2n) is 2.96. The van der Waals surface area contributed by atoms with E-state index in [0.29, 0.717) is 6.61 Å². The van der Waals surface area contributed by atoms with Gasteiger partial charge >= 0.3 is 0 Å². The number of nitrogens with two attached hydrogens (primary N) is 1. The first kappa shape index (κ1) is 12.0. The zero-order valence-corrected chi connectivity index (χ0v) is 9.37. The molecule has 6 heteroatoms. The third-order valence-corrected chi connectivity index (χ3v) is 2.78. The smallest absolute Gasteiger partial charge is 0.241 e. The highest BCUT2D eigenvalue weighted by atomic mass is 32.2. The summed E-state index contributed by atoms with van der Waals surface area (Å²) in [6, 6.07) is 4.71. The van der Waals surface area contributed by atoms with Gasteiger partial charge in [-0.1, -0.05) is 6.07 Å². The van der Waals surface area contributed by atoms with Crippen LogP contribution in [0.4, 0.5) is 0 Å². The predicted octanol–water partition coefficient (Wildman–Crippen LogP) is 0.489. The first-order valence-corrected chi connectivity index (χ1v) is 5.72. The van der Waals surface area contributed by atoms with Gasteiger partial charge in [-0.15, -0.1) is 0 Å². The van der Waals surface area contributed by atoms with E-state index in [-0.39, 0.29) is 10.6 Å². The van der Waals surface area contributed by atoms with Crippen molar-refractivity contribution in [1.29, 1.82) is 0 Å². The third kappa shape index (κ3) is 2.92. The number of rotatable bonds is 4. The summed E-state index contributed by atoms with van der Waals surface area (Å²) in [5.74, 6) is 0.234. The van der Waals surface area contributed by atoms with E-state index in [9.17, 15) is 8.42 Å². The van der Waals surface area contributed by atoms with Crippen LogP contribution in [0, 0.1) is 0 Å². The highest BCUT2D eigenvalue weighted by molar-refractivity contribution is 7.89. The highest BCUT2D eigenvalue weighted by Gasteiger charge is 2.15. The Bertz CT molecular complexity index is 441. The van der Waals surface area contributed by atoms with Crippen LogP contribution in [-0.4, -0.2) is 22.6 Å². The normalized spacial score (nSPS) is 11.4. The van der Waals surface area contributed by atoms with Gasteiger partial charge in [0.2, 0.25) is 10.0 Å². The van der Waals surface area contributed by atoms with E-state index in [2.05, 4.69) is 0 Å². The van der Waals surface area contributed by atoms with Crippen LogP contribution < -0.4 is 9.88 Å². The Balaban J connectivity index is 3.26. The third-order valence-electron chi connectivity index (χ3n) is 1.85. The van der Waals surface area contributed by atoms with Crippen LogP contribution in [-0.2, 0) is 21.4 Å². The Kier molecular flexibility index (Phi) is 3.67. The minimum atomic E-state index is -3.77. The lowest BCUT2D eigenvalue weighted by Gasteiger charge is -2.08. The van der Waals surface area contributed by atoms with Crippen molar-refractivity contribution in [2.24, 2.45) is 5.14 Å². The molecule has 15 heavy (non-hydrogen) atoms. The average molecular weight is 231 g/mol. The highest BCUT2D eigenvalue weighted by Crippen LogP contribution is 2.23. The topological polar surface area (TPSA) is 78.6 Å². The van der Waals surface area contributed by atoms with Crippen molar-refractivity contribution in [3.8, 4) is 5.75 Å². The Morgan fingerprint density at radius 3 is 2.47 bits per heavy atom. The van der Waals surface area contributed by atoms with E-state index in [4.69, 9.17) is 14.6 Å². The lowest BCUT2D eigenvalue weighted by molar-refractivity contribution is 0.184. The molecule has 0 aliphatic carbocycles. The van der Waals surface area contributed by atoms with Gasteiger partial charge in [0.15, 0.2) is 0 Å². The summed E-state index contributed by atoms with van der Waals surface area (Å²) in [6.45, 7) is 0.326. The van der Waals surface area contributed by atoms with Gasteiger partial charge in [-0.2, -0.15) is 0 Å². The molecule has 0 atom stereocenters. The zero-order chi connectivity index (χ0) is 11.5. The van der Waals surface area contributed by atoms with Crippen molar-refractivity contribution in [3.05, 3.63) is 23.8 Å². The molecule has 0 spiro atoms. The van der Waals surface area contributed by atoms with Gasteiger partial charge in [0, 0.05) is 7.11 Å². The summed E-state index contributed by atoms with van der Waals surface area (Å²) >= 11 is 0. The van der Waals surface area contributed by atoms with Gasteiger partial charge in [0.05, 0.1) is 13.7 Å². The van der Waals surface area contributed by atoms with Crippen LogP contribution >= 0.6 is 0 Å². The maximum absolute atomic E-state index is 11.2. The van der Waals surface area contributed by atoms with E-state index in [1.165, 1.54) is 20.3 Å². The van der Waals surface area contributed by atoms with Gasteiger partial charge < -0.3 is 9.47 Å². The second-order valence-corrected chi connectivity index (χ2v) is 4.49. The van der Waals surface area contributed by atoms with Crippen LogP contribution in [0.3, 0.4) is 0 Å². The number of methoxy groups -OCH3 is 2. The standard InChI is InChI=1S/C9H13NO4S/c1-13-6-7-3-4-8(14-2)9(5-7)15(10,11)12/h3-5H,6H2,1-2H3,(H2,10,11,12). The first-order valence-electron chi connectivity index (χ1n) is 4.17. The molecule has 84 valence electrons. The Morgan fingerprint density at radius 2 is 2.00 bits per heavy atom. The molecule has 1 rings (SSSR count). The molecule has 0 fully saturated rings. The summed E-state index contributed by atoms with van der Waals surface area (Å²) in [5.41, 5.74) is 0.724. The molecule has 0 radical (unpaired) electrons. The van der Waals surface area contributed by atoms with Crippen molar-refractivity contribution in [2.75, 3.05) is 14.2 Å². The monoisotopic (exact) mass is 231 g/mol. The van der Waals surface area contributed by atoms with Crippen LogP contribution in [0.2, 0.25) is 0 Å². The van der Waals surface area contributed by atoms with Crippen LogP contribution in [0.1, 0.15) is 5.56 Å². The zero-order valence-electron chi connectivity index (χ0n) is 8.56. The van der Waals surface area contributed by atoms with E-state index in [1.54, 1.807) is 12.1 Å². The molecule has 0 amide bonds. The fourth-order valence-corrected chi connectivity index (χ4v) is 1.95. The van der Waals surface area contributed by atoms with Gasteiger partial charge in [0.25, 0.3) is 0 Å². The Morgan fingerprint density at radius 1 is 1.33 bits per heavy atom. The number of ether oxygens (including phenoxy) is 2. The van der Waals surface area contributed by atoms with Gasteiger partial charge in [0.1, 0.15) is 10.6 Å². The van der Waals surface area contributed by atoms with Crippen molar-refractivity contribution in [3.63, 3.8) is 0 Å². The lowest BCUT2D eigenvalue weighted by Crippen LogP contribution is -2.13. The molecule has 0 aromatic heterocycles. The molecule has 0 bridgehead atoms. The number of primary sulfonamides is 1. The van der Waals surface area contributed by atoms with Gasteiger partial charge in [-0.05, 0) is 17.7 Å². The van der Waals surface area contributed by atoms with Crippen molar-refractivity contribution in [1.82, 2.24) is 0 Å². The van der Waals surface area contributed by atoms with E-state index in [0.717, 1.165) is 5.56 Å². The molecule has 1 aromatic carbocycles. The summed E-state index contributed by atoms with van der Waals surface area (Å²) in [4.78, 5) is -0.0282. The molecule has 2 N–H and O–H groups in total. The van der Waals surface area contributed by atoms with Crippen molar-refractivity contribution < 1.29 is 17.9 Å². The maximum atomic E-state index is 11.2. The van der Waals surface area contributed by atoms with Crippen molar-refractivity contribution in [2.45, 2.75) is 11.5 Å². The molecule has 0 saturated heterocycles. The van der Waals surface area contributed by atoms with E-state index < -0.39 is 10.0 Å². The first-order chi connectivity index (χ1) is 6.99. The molecule has 1 aromatic rings. The SMILES string of the molecule is COCc1ccc(OC)c(S(N)(=O)=O)c1. The van der Waals surface area contributed by atoms with E-state index >= 15 is 0 Å².